The van der Waals surface area contributed by atoms with Gasteiger partial charge in [-0.3, -0.25) is 0 Å². The number of hydrogen-bond acceptors (Lipinski definition) is 0. The van der Waals surface area contributed by atoms with Crippen LogP contribution in [0.5, 0.6) is 0 Å². The first-order valence-corrected chi connectivity index (χ1v) is 3.78. The summed E-state index contributed by atoms with van der Waals surface area (Å²) < 4.78 is 13.0. The Labute approximate surface area is 68.1 Å². The van der Waals surface area contributed by atoms with E-state index >= 15 is 0 Å². The van der Waals surface area contributed by atoms with Crippen LogP contribution >= 0.6 is 0 Å². The Morgan fingerprint density at radius 2 is 2.00 bits per heavy atom. The summed E-state index contributed by atoms with van der Waals surface area (Å²) >= 11 is 0. The highest BCUT2D eigenvalue weighted by Crippen LogP contribution is 2.17. The smallest absolute Gasteiger partial charge is 0.126 e. The van der Waals surface area contributed by atoms with Crippen molar-refractivity contribution >= 4 is 0 Å². The van der Waals surface area contributed by atoms with E-state index in [1.54, 1.807) is 19.1 Å². The molecule has 0 unspecified atom stereocenters. The van der Waals surface area contributed by atoms with E-state index in [9.17, 15) is 4.39 Å². The Kier molecular flexibility index (Phi) is 4.51. The molecule has 0 aliphatic heterocycles. The minimum atomic E-state index is -0.183. The van der Waals surface area contributed by atoms with Crippen LogP contribution in [0.4, 0.5) is 4.39 Å². The van der Waals surface area contributed by atoms with Crippen molar-refractivity contribution in [1.82, 2.24) is 0 Å². The Bertz CT molecular complexity index is 185. The van der Waals surface area contributed by atoms with Crippen LogP contribution in [-0.2, 0) is 0 Å². The summed E-state index contributed by atoms with van der Waals surface area (Å²) in [7, 11) is 0. The van der Waals surface area contributed by atoms with Crippen molar-refractivity contribution in [2.45, 2.75) is 20.8 Å². The lowest BCUT2D eigenvalue weighted by Crippen LogP contribution is -1.91. The van der Waals surface area contributed by atoms with Gasteiger partial charge in [-0.25, -0.2) is 4.39 Å². The minimum Gasteiger partial charge on any atom is -0.207 e. The Hall–Kier alpha value is -0.850. The van der Waals surface area contributed by atoms with Gasteiger partial charge in [0.05, 0.1) is 0 Å². The van der Waals surface area contributed by atoms with Gasteiger partial charge in [0, 0.05) is 0 Å². The molecule has 0 radical (unpaired) electrons. The fourth-order valence-electron chi connectivity index (χ4n) is 0.852. The first-order valence-electron chi connectivity index (χ1n) is 3.78. The highest BCUT2D eigenvalue weighted by Gasteiger charge is 2.03. The molecule has 0 rings (SSSR count). The lowest BCUT2D eigenvalue weighted by molar-refractivity contribution is 0.628. The normalized spacial score (nSPS) is 13.9. The van der Waals surface area contributed by atoms with Gasteiger partial charge in [-0.15, -0.1) is 0 Å². The summed E-state index contributed by atoms with van der Waals surface area (Å²) in [6, 6.07) is 0. The molecule has 0 aromatic rings. The molecule has 0 N–H and O–H groups in total. The minimum absolute atomic E-state index is 0.183. The second-order valence-corrected chi connectivity index (χ2v) is 2.66. The lowest BCUT2D eigenvalue weighted by Gasteiger charge is -2.05. The van der Waals surface area contributed by atoms with Crippen LogP contribution < -0.4 is 0 Å². The highest BCUT2D eigenvalue weighted by molar-refractivity contribution is 5.28. The second-order valence-electron chi connectivity index (χ2n) is 2.66. The van der Waals surface area contributed by atoms with Gasteiger partial charge in [0.15, 0.2) is 0 Å². The van der Waals surface area contributed by atoms with Crippen molar-refractivity contribution < 1.29 is 4.39 Å². The van der Waals surface area contributed by atoms with E-state index in [1.807, 2.05) is 13.8 Å². The molecular weight excluding hydrogens is 139 g/mol. The molecule has 0 atom stereocenters. The van der Waals surface area contributed by atoms with Crippen LogP contribution in [0.25, 0.3) is 0 Å². The molecule has 1 heteroatoms. The molecule has 0 amide bonds. The summed E-state index contributed by atoms with van der Waals surface area (Å²) in [5.41, 5.74) is 0.670. The van der Waals surface area contributed by atoms with Crippen molar-refractivity contribution in [3.63, 3.8) is 0 Å². The van der Waals surface area contributed by atoms with Crippen molar-refractivity contribution in [2.24, 2.45) is 5.92 Å². The van der Waals surface area contributed by atoms with Crippen molar-refractivity contribution in [3.8, 4) is 0 Å². The van der Waals surface area contributed by atoms with Crippen LogP contribution in [0.3, 0.4) is 0 Å². The fourth-order valence-corrected chi connectivity index (χ4v) is 0.852. The number of hydrogen-bond donors (Lipinski definition) is 0. The summed E-state index contributed by atoms with van der Waals surface area (Å²) in [4.78, 5) is 0. The third-order valence-corrected chi connectivity index (χ3v) is 1.43. The third kappa shape index (κ3) is 3.17. The van der Waals surface area contributed by atoms with E-state index in [2.05, 4.69) is 6.58 Å². The molecular formula is C10H15F. The fraction of sp³-hybridized carbons (Fsp3) is 0.400. The van der Waals surface area contributed by atoms with Crippen LogP contribution in [0.15, 0.2) is 36.2 Å². The second kappa shape index (κ2) is 4.89. The number of allylic oxidation sites excluding steroid dienone is 5. The van der Waals surface area contributed by atoms with Gasteiger partial charge in [0.25, 0.3) is 0 Å². The van der Waals surface area contributed by atoms with Crippen LogP contribution in [-0.4, -0.2) is 0 Å². The van der Waals surface area contributed by atoms with E-state index in [4.69, 9.17) is 0 Å². The molecule has 0 heterocycles. The van der Waals surface area contributed by atoms with Crippen molar-refractivity contribution in [3.05, 3.63) is 36.2 Å². The van der Waals surface area contributed by atoms with Gasteiger partial charge < -0.3 is 0 Å². The molecule has 0 bridgehead atoms. The Morgan fingerprint density at radius 1 is 1.45 bits per heavy atom. The van der Waals surface area contributed by atoms with Crippen molar-refractivity contribution in [1.29, 1.82) is 0 Å². The molecule has 0 aliphatic carbocycles. The molecule has 0 aromatic heterocycles. The average molecular weight is 154 g/mol. The van der Waals surface area contributed by atoms with Crippen molar-refractivity contribution in [2.75, 3.05) is 0 Å². The summed E-state index contributed by atoms with van der Waals surface area (Å²) in [6.07, 6.45) is 4.71. The van der Waals surface area contributed by atoms with E-state index < -0.39 is 0 Å². The molecule has 0 saturated heterocycles. The average Bonchev–Trinajstić information content (AvgIpc) is 1.88. The Balaban J connectivity index is 4.67. The first-order chi connectivity index (χ1) is 5.13. The van der Waals surface area contributed by atoms with E-state index in [1.165, 1.54) is 6.08 Å². The monoisotopic (exact) mass is 154 g/mol. The van der Waals surface area contributed by atoms with Gasteiger partial charge in [-0.2, -0.15) is 0 Å². The third-order valence-electron chi connectivity index (χ3n) is 1.43. The predicted octanol–water partition coefficient (Wildman–Crippen LogP) is 3.63. The SMILES string of the molecule is C=C/C(=C(F)\C=C\C)C(C)C. The van der Waals surface area contributed by atoms with E-state index in [0.29, 0.717) is 5.57 Å². The molecule has 0 aromatic carbocycles. The van der Waals surface area contributed by atoms with Gasteiger partial charge in [-0.05, 0) is 24.5 Å². The van der Waals surface area contributed by atoms with Crippen LogP contribution in [0.1, 0.15) is 20.8 Å². The maximum Gasteiger partial charge on any atom is 0.126 e. The van der Waals surface area contributed by atoms with Gasteiger partial charge >= 0.3 is 0 Å². The quantitative estimate of drug-likeness (QED) is 0.544. The molecule has 0 fully saturated rings. The molecule has 62 valence electrons. The zero-order valence-corrected chi connectivity index (χ0v) is 7.39. The van der Waals surface area contributed by atoms with Crippen LogP contribution in [0, 0.1) is 5.92 Å². The molecule has 0 nitrogen and oxygen atoms in total. The molecule has 11 heavy (non-hydrogen) atoms. The zero-order valence-electron chi connectivity index (χ0n) is 7.39. The van der Waals surface area contributed by atoms with Gasteiger partial charge in [0.1, 0.15) is 5.83 Å². The maximum atomic E-state index is 13.0. The topological polar surface area (TPSA) is 0 Å². The first kappa shape index (κ1) is 10.2. The standard InChI is InChI=1S/C10H15F/c1-5-7-10(11)9(6-2)8(3)4/h5-8H,2H2,1,3-4H3/b7-5+,10-9-. The summed E-state index contributed by atoms with van der Waals surface area (Å²) in [5, 5.41) is 0. The van der Waals surface area contributed by atoms with E-state index in [0.717, 1.165) is 0 Å². The van der Waals surface area contributed by atoms with Gasteiger partial charge in [-0.1, -0.05) is 32.6 Å². The van der Waals surface area contributed by atoms with Crippen LogP contribution in [0.2, 0.25) is 0 Å². The van der Waals surface area contributed by atoms with E-state index in [-0.39, 0.29) is 11.7 Å². The predicted molar refractivity (Wildman–Crippen MR) is 48.0 cm³/mol. The summed E-state index contributed by atoms with van der Waals surface area (Å²) in [5.74, 6) is 0.0150. The number of rotatable bonds is 3. The number of halogens is 1. The lowest BCUT2D eigenvalue weighted by atomic mass is 10.0. The molecule has 0 aliphatic rings. The molecule has 0 saturated carbocycles. The highest BCUT2D eigenvalue weighted by atomic mass is 19.1. The van der Waals surface area contributed by atoms with Gasteiger partial charge in [0.2, 0.25) is 0 Å². The maximum absolute atomic E-state index is 13.0. The molecule has 0 spiro atoms. The largest absolute Gasteiger partial charge is 0.207 e. The Morgan fingerprint density at radius 3 is 2.27 bits per heavy atom. The summed E-state index contributed by atoms with van der Waals surface area (Å²) in [6.45, 7) is 9.24. The zero-order chi connectivity index (χ0) is 8.85.